The highest BCUT2D eigenvalue weighted by Gasteiger charge is 2.24. The van der Waals surface area contributed by atoms with Crippen LogP contribution in [0.25, 0.3) is 11.0 Å². The molecule has 2 heterocycles. The molecule has 3 nitrogen and oxygen atoms in total. The topological polar surface area (TPSA) is 33.5 Å². The third-order valence-corrected chi connectivity index (χ3v) is 4.23. The minimum absolute atomic E-state index is 0.0320. The number of carbonyl (C=O) groups is 1. The highest BCUT2D eigenvalue weighted by atomic mass is 79.9. The van der Waals surface area contributed by atoms with Gasteiger partial charge in [-0.3, -0.25) is 4.79 Å². The Balaban J connectivity index is 2.00. The third kappa shape index (κ3) is 2.29. The van der Waals surface area contributed by atoms with Gasteiger partial charge in [0.2, 0.25) is 0 Å². The van der Waals surface area contributed by atoms with Crippen LogP contribution in [0.1, 0.15) is 35.4 Å². The summed E-state index contributed by atoms with van der Waals surface area (Å²) in [6.45, 7) is 3.65. The molecule has 0 radical (unpaired) electrons. The second-order valence-electron chi connectivity index (χ2n) is 5.05. The normalized spacial score (nSPS) is 16.0. The number of aryl methyl sites for hydroxylation is 1. The van der Waals surface area contributed by atoms with Crippen LogP contribution in [0.2, 0.25) is 0 Å². The molecule has 1 saturated heterocycles. The number of benzene rings is 1. The molecule has 1 aliphatic rings. The number of furan rings is 1. The number of halogens is 1. The Labute approximate surface area is 120 Å². The fraction of sp³-hybridized carbons (Fsp3) is 0.400. The van der Waals surface area contributed by atoms with E-state index in [1.165, 1.54) is 6.42 Å². The van der Waals surface area contributed by atoms with Crippen molar-refractivity contribution in [3.63, 3.8) is 0 Å². The number of likely N-dealkylation sites (tertiary alicyclic amines) is 1. The van der Waals surface area contributed by atoms with E-state index in [0.29, 0.717) is 5.76 Å². The first-order chi connectivity index (χ1) is 9.16. The van der Waals surface area contributed by atoms with Gasteiger partial charge in [-0.1, -0.05) is 15.9 Å². The van der Waals surface area contributed by atoms with E-state index in [2.05, 4.69) is 15.9 Å². The van der Waals surface area contributed by atoms with Crippen LogP contribution in [0.15, 0.2) is 27.1 Å². The van der Waals surface area contributed by atoms with Crippen molar-refractivity contribution in [1.29, 1.82) is 0 Å². The predicted molar refractivity (Wildman–Crippen MR) is 78.4 cm³/mol. The Morgan fingerprint density at radius 2 is 2.00 bits per heavy atom. The number of piperidine rings is 1. The maximum absolute atomic E-state index is 12.5. The van der Waals surface area contributed by atoms with Crippen LogP contribution >= 0.6 is 15.9 Å². The van der Waals surface area contributed by atoms with Crippen molar-refractivity contribution in [1.82, 2.24) is 4.90 Å². The van der Waals surface area contributed by atoms with Crippen LogP contribution < -0.4 is 0 Å². The van der Waals surface area contributed by atoms with Gasteiger partial charge in [-0.05, 0) is 44.4 Å². The lowest BCUT2D eigenvalue weighted by atomic mass is 10.1. The number of nitrogens with zero attached hydrogens (tertiary/aromatic N) is 1. The monoisotopic (exact) mass is 321 g/mol. The van der Waals surface area contributed by atoms with Gasteiger partial charge in [0.05, 0.1) is 0 Å². The molecule has 0 bridgehead atoms. The Morgan fingerprint density at radius 3 is 2.74 bits per heavy atom. The molecule has 0 aliphatic carbocycles. The average Bonchev–Trinajstić information content (AvgIpc) is 2.76. The summed E-state index contributed by atoms with van der Waals surface area (Å²) in [5.74, 6) is 0.527. The number of hydrogen-bond acceptors (Lipinski definition) is 2. The van der Waals surface area contributed by atoms with Crippen LogP contribution in [0.4, 0.5) is 0 Å². The van der Waals surface area contributed by atoms with Crippen LogP contribution in [0.5, 0.6) is 0 Å². The van der Waals surface area contributed by atoms with E-state index in [1.54, 1.807) is 0 Å². The molecule has 1 fully saturated rings. The maximum Gasteiger partial charge on any atom is 0.289 e. The molecular weight excluding hydrogens is 306 g/mol. The van der Waals surface area contributed by atoms with Gasteiger partial charge in [0.15, 0.2) is 5.76 Å². The molecule has 0 spiro atoms. The molecule has 2 aromatic rings. The molecule has 1 aliphatic heterocycles. The van der Waals surface area contributed by atoms with Crippen LogP contribution in [-0.2, 0) is 0 Å². The minimum atomic E-state index is 0.0320. The molecule has 0 saturated carbocycles. The van der Waals surface area contributed by atoms with E-state index < -0.39 is 0 Å². The summed E-state index contributed by atoms with van der Waals surface area (Å²) >= 11 is 3.45. The van der Waals surface area contributed by atoms with E-state index in [0.717, 1.165) is 46.9 Å². The second kappa shape index (κ2) is 5.00. The van der Waals surface area contributed by atoms with Crippen molar-refractivity contribution in [3.8, 4) is 0 Å². The Bertz CT molecular complexity index is 626. The molecule has 1 amide bonds. The fourth-order valence-corrected chi connectivity index (χ4v) is 3.00. The van der Waals surface area contributed by atoms with Crippen molar-refractivity contribution >= 4 is 32.8 Å². The van der Waals surface area contributed by atoms with E-state index in [4.69, 9.17) is 4.42 Å². The van der Waals surface area contributed by atoms with Crippen molar-refractivity contribution in [2.24, 2.45) is 0 Å². The van der Waals surface area contributed by atoms with Crippen LogP contribution in [0.3, 0.4) is 0 Å². The molecule has 1 aromatic heterocycles. The second-order valence-corrected chi connectivity index (χ2v) is 5.97. The lowest BCUT2D eigenvalue weighted by Crippen LogP contribution is -2.35. The quantitative estimate of drug-likeness (QED) is 0.791. The Morgan fingerprint density at radius 1 is 1.26 bits per heavy atom. The van der Waals surface area contributed by atoms with Gasteiger partial charge in [-0.2, -0.15) is 0 Å². The molecule has 19 heavy (non-hydrogen) atoms. The van der Waals surface area contributed by atoms with Crippen molar-refractivity contribution < 1.29 is 9.21 Å². The average molecular weight is 322 g/mol. The highest BCUT2D eigenvalue weighted by Crippen LogP contribution is 2.29. The fourth-order valence-electron chi connectivity index (χ4n) is 2.64. The summed E-state index contributed by atoms with van der Waals surface area (Å²) in [4.78, 5) is 14.4. The molecular formula is C15H16BrNO2. The van der Waals surface area contributed by atoms with Gasteiger partial charge in [0.25, 0.3) is 5.91 Å². The zero-order chi connectivity index (χ0) is 13.4. The summed E-state index contributed by atoms with van der Waals surface area (Å²) in [7, 11) is 0. The van der Waals surface area contributed by atoms with Gasteiger partial charge in [-0.15, -0.1) is 0 Å². The van der Waals surface area contributed by atoms with Gasteiger partial charge in [-0.25, -0.2) is 0 Å². The van der Waals surface area contributed by atoms with Crippen LogP contribution in [-0.4, -0.2) is 23.9 Å². The summed E-state index contributed by atoms with van der Waals surface area (Å²) in [6, 6.07) is 5.83. The largest absolute Gasteiger partial charge is 0.451 e. The maximum atomic E-state index is 12.5. The number of fused-ring (bicyclic) bond motifs is 1. The van der Waals surface area contributed by atoms with E-state index in [9.17, 15) is 4.79 Å². The summed E-state index contributed by atoms with van der Waals surface area (Å²) in [5.41, 5.74) is 1.72. The Hall–Kier alpha value is -1.29. The standard InChI is InChI=1S/C15H16BrNO2/c1-10-12-9-11(16)5-6-13(12)19-14(10)15(18)17-7-3-2-4-8-17/h5-6,9H,2-4,7-8H2,1H3. The lowest BCUT2D eigenvalue weighted by molar-refractivity contribution is 0.0693. The third-order valence-electron chi connectivity index (χ3n) is 3.74. The molecule has 1 aromatic carbocycles. The molecule has 100 valence electrons. The first kappa shape index (κ1) is 12.7. The van der Waals surface area contributed by atoms with Crippen LogP contribution in [0, 0.1) is 6.92 Å². The summed E-state index contributed by atoms with van der Waals surface area (Å²) < 4.78 is 6.76. The van der Waals surface area contributed by atoms with Crippen molar-refractivity contribution in [2.45, 2.75) is 26.2 Å². The smallest absolute Gasteiger partial charge is 0.289 e. The molecule has 0 N–H and O–H groups in total. The minimum Gasteiger partial charge on any atom is -0.451 e. The first-order valence-electron chi connectivity index (χ1n) is 6.65. The van der Waals surface area contributed by atoms with E-state index in [-0.39, 0.29) is 5.91 Å². The van der Waals surface area contributed by atoms with Gasteiger partial charge in [0.1, 0.15) is 5.58 Å². The molecule has 3 rings (SSSR count). The van der Waals surface area contributed by atoms with Gasteiger partial charge >= 0.3 is 0 Å². The molecule has 4 heteroatoms. The van der Waals surface area contributed by atoms with E-state index in [1.807, 2.05) is 30.0 Å². The summed E-state index contributed by atoms with van der Waals surface area (Å²) in [6.07, 6.45) is 3.41. The zero-order valence-corrected chi connectivity index (χ0v) is 12.5. The van der Waals surface area contributed by atoms with Gasteiger partial charge < -0.3 is 9.32 Å². The molecule has 0 unspecified atom stereocenters. The highest BCUT2D eigenvalue weighted by molar-refractivity contribution is 9.10. The van der Waals surface area contributed by atoms with Gasteiger partial charge in [0, 0.05) is 28.5 Å². The number of rotatable bonds is 1. The Kier molecular flexibility index (Phi) is 3.35. The molecule has 0 atom stereocenters. The number of hydrogen-bond donors (Lipinski definition) is 0. The summed E-state index contributed by atoms with van der Waals surface area (Å²) in [5, 5.41) is 1.01. The number of amides is 1. The lowest BCUT2D eigenvalue weighted by Gasteiger charge is -2.25. The SMILES string of the molecule is Cc1c(C(=O)N2CCCCC2)oc2ccc(Br)cc12. The predicted octanol–water partition coefficient (Wildman–Crippen LogP) is 4.13. The zero-order valence-electron chi connectivity index (χ0n) is 10.9. The van der Waals surface area contributed by atoms with Crippen molar-refractivity contribution in [3.05, 3.63) is 34.0 Å². The first-order valence-corrected chi connectivity index (χ1v) is 7.44. The van der Waals surface area contributed by atoms with Crippen molar-refractivity contribution in [2.75, 3.05) is 13.1 Å². The number of carbonyl (C=O) groups excluding carboxylic acids is 1. The van der Waals surface area contributed by atoms with E-state index >= 15 is 0 Å².